The summed E-state index contributed by atoms with van der Waals surface area (Å²) in [6, 6.07) is 8.30. The van der Waals surface area contributed by atoms with E-state index in [2.05, 4.69) is 26.9 Å². The second-order valence-corrected chi connectivity index (χ2v) is 9.07. The maximum absolute atomic E-state index is 10.5. The number of hydrogen-bond donors (Lipinski definition) is 1. The van der Waals surface area contributed by atoms with E-state index in [4.69, 9.17) is 9.26 Å². The van der Waals surface area contributed by atoms with Gasteiger partial charge in [-0.15, -0.1) is 11.3 Å². The van der Waals surface area contributed by atoms with Crippen LogP contribution in [0.5, 0.6) is 5.75 Å². The van der Waals surface area contributed by atoms with Crippen LogP contribution in [0.1, 0.15) is 23.4 Å². The van der Waals surface area contributed by atoms with Crippen LogP contribution in [0.15, 0.2) is 28.8 Å². The highest BCUT2D eigenvalue weighted by Gasteiger charge is 2.25. The fraction of sp³-hybridized carbons (Fsp3) is 0.524. The van der Waals surface area contributed by atoms with Crippen molar-refractivity contribution in [3.63, 3.8) is 0 Å². The van der Waals surface area contributed by atoms with Crippen LogP contribution < -0.4 is 4.74 Å². The number of nitrogens with zero attached hydrogens (tertiary/aromatic N) is 4. The van der Waals surface area contributed by atoms with Gasteiger partial charge in [-0.2, -0.15) is 0 Å². The third-order valence-corrected chi connectivity index (χ3v) is 6.22. The van der Waals surface area contributed by atoms with E-state index in [-0.39, 0.29) is 6.61 Å². The monoisotopic (exact) mass is 416 g/mol. The largest absolute Gasteiger partial charge is 0.491 e. The van der Waals surface area contributed by atoms with E-state index >= 15 is 0 Å². The molecule has 0 amide bonds. The van der Waals surface area contributed by atoms with Gasteiger partial charge in [0.2, 0.25) is 0 Å². The first-order chi connectivity index (χ1) is 14.0. The number of piperazine rings is 1. The molecule has 2 atom stereocenters. The Morgan fingerprint density at radius 2 is 2.17 bits per heavy atom. The fourth-order valence-corrected chi connectivity index (χ4v) is 4.63. The molecule has 1 saturated heterocycles. The van der Waals surface area contributed by atoms with Crippen LogP contribution in [-0.4, -0.2) is 70.0 Å². The van der Waals surface area contributed by atoms with Gasteiger partial charge in [0.15, 0.2) is 0 Å². The van der Waals surface area contributed by atoms with Crippen LogP contribution in [0.25, 0.3) is 10.2 Å². The Hall–Kier alpha value is -2.00. The molecule has 1 aliphatic heterocycles. The summed E-state index contributed by atoms with van der Waals surface area (Å²) >= 11 is 1.67. The number of hydrogen-bond acceptors (Lipinski definition) is 8. The predicted octanol–water partition coefficient (Wildman–Crippen LogP) is 2.85. The standard InChI is InChI=1S/C21H28N4O3S/c1-14-10-24(6-7-25(14)11-17-8-15(2)28-23-17)12-18(26)13-27-19-4-5-21-20(9-19)22-16(3)29-21/h4-5,8-9,14,18,26H,6-7,10-13H2,1-3H3. The van der Waals surface area contributed by atoms with Gasteiger partial charge >= 0.3 is 0 Å². The van der Waals surface area contributed by atoms with Crippen molar-refractivity contribution in [2.75, 3.05) is 32.8 Å². The molecule has 1 aromatic carbocycles. The molecule has 7 nitrogen and oxygen atoms in total. The Kier molecular flexibility index (Phi) is 6.15. The second kappa shape index (κ2) is 8.79. The molecular weight excluding hydrogens is 388 g/mol. The molecule has 0 saturated carbocycles. The first kappa shape index (κ1) is 20.3. The molecule has 0 aliphatic carbocycles. The minimum absolute atomic E-state index is 0.279. The van der Waals surface area contributed by atoms with E-state index < -0.39 is 6.10 Å². The van der Waals surface area contributed by atoms with E-state index in [1.807, 2.05) is 38.1 Å². The van der Waals surface area contributed by atoms with E-state index in [9.17, 15) is 5.11 Å². The molecule has 0 spiro atoms. The number of aryl methyl sites for hydroxylation is 2. The zero-order chi connectivity index (χ0) is 20.4. The third kappa shape index (κ3) is 5.14. The van der Waals surface area contributed by atoms with Crippen molar-refractivity contribution in [2.45, 2.75) is 39.5 Å². The van der Waals surface area contributed by atoms with Gasteiger partial charge in [0, 0.05) is 50.9 Å². The molecule has 8 heteroatoms. The molecule has 1 N–H and O–H groups in total. The molecular formula is C21H28N4O3S. The molecule has 3 aromatic rings. The van der Waals surface area contributed by atoms with Crippen molar-refractivity contribution < 1.29 is 14.4 Å². The van der Waals surface area contributed by atoms with Gasteiger partial charge < -0.3 is 14.4 Å². The van der Waals surface area contributed by atoms with Crippen LogP contribution in [0, 0.1) is 13.8 Å². The van der Waals surface area contributed by atoms with Crippen molar-refractivity contribution in [1.29, 1.82) is 0 Å². The lowest BCUT2D eigenvalue weighted by Crippen LogP contribution is -2.53. The molecule has 29 heavy (non-hydrogen) atoms. The number of β-amino-alcohol motifs (C(OH)–C–C–N with tert-alkyl or cyclic N) is 1. The van der Waals surface area contributed by atoms with Crippen LogP contribution in [0.2, 0.25) is 0 Å². The number of aromatic nitrogens is 2. The molecule has 2 unspecified atom stereocenters. The first-order valence-corrected chi connectivity index (χ1v) is 10.8. The summed E-state index contributed by atoms with van der Waals surface area (Å²) in [7, 11) is 0. The Morgan fingerprint density at radius 1 is 1.31 bits per heavy atom. The second-order valence-electron chi connectivity index (χ2n) is 7.84. The highest BCUT2D eigenvalue weighted by Crippen LogP contribution is 2.25. The number of rotatable bonds is 7. The van der Waals surface area contributed by atoms with E-state index in [1.165, 1.54) is 0 Å². The van der Waals surface area contributed by atoms with Gasteiger partial charge in [-0.25, -0.2) is 4.98 Å². The Labute approximate surface area is 174 Å². The molecule has 4 rings (SSSR count). The summed E-state index contributed by atoms with van der Waals surface area (Å²) in [5.74, 6) is 1.60. The fourth-order valence-electron chi connectivity index (χ4n) is 3.83. The third-order valence-electron chi connectivity index (χ3n) is 5.27. The Balaban J connectivity index is 1.23. The highest BCUT2D eigenvalue weighted by molar-refractivity contribution is 7.18. The van der Waals surface area contributed by atoms with Crippen LogP contribution >= 0.6 is 11.3 Å². The highest BCUT2D eigenvalue weighted by atomic mass is 32.1. The van der Waals surface area contributed by atoms with Crippen molar-refractivity contribution in [3.8, 4) is 5.75 Å². The number of thiazole rings is 1. The lowest BCUT2D eigenvalue weighted by atomic mass is 10.1. The summed E-state index contributed by atoms with van der Waals surface area (Å²) in [5.41, 5.74) is 1.93. The zero-order valence-corrected chi connectivity index (χ0v) is 18.0. The molecule has 156 valence electrons. The van der Waals surface area contributed by atoms with Crippen molar-refractivity contribution in [2.24, 2.45) is 0 Å². The quantitative estimate of drug-likeness (QED) is 0.635. The first-order valence-electron chi connectivity index (χ1n) is 10.0. The summed E-state index contributed by atoms with van der Waals surface area (Å²) in [5, 5.41) is 15.6. The van der Waals surface area contributed by atoms with E-state index in [1.54, 1.807) is 11.3 Å². The van der Waals surface area contributed by atoms with Gasteiger partial charge in [-0.05, 0) is 32.9 Å². The van der Waals surface area contributed by atoms with Crippen molar-refractivity contribution in [3.05, 3.63) is 40.7 Å². The van der Waals surface area contributed by atoms with E-state index in [0.717, 1.165) is 58.6 Å². The summed E-state index contributed by atoms with van der Waals surface area (Å²) < 4.78 is 12.1. The average molecular weight is 417 g/mol. The maximum Gasteiger partial charge on any atom is 0.133 e. The number of aliphatic hydroxyl groups is 1. The number of benzene rings is 1. The van der Waals surface area contributed by atoms with Gasteiger partial charge in [-0.1, -0.05) is 5.16 Å². The van der Waals surface area contributed by atoms with Crippen molar-refractivity contribution >= 4 is 21.6 Å². The van der Waals surface area contributed by atoms with Gasteiger partial charge in [0.05, 0.1) is 20.9 Å². The van der Waals surface area contributed by atoms with Gasteiger partial charge in [0.25, 0.3) is 0 Å². The number of ether oxygens (including phenoxy) is 1. The minimum Gasteiger partial charge on any atom is -0.491 e. The Morgan fingerprint density at radius 3 is 2.93 bits per heavy atom. The molecule has 0 radical (unpaired) electrons. The van der Waals surface area contributed by atoms with Gasteiger partial charge in [-0.3, -0.25) is 9.80 Å². The van der Waals surface area contributed by atoms with E-state index in [0.29, 0.717) is 12.6 Å². The number of fused-ring (bicyclic) bond motifs is 1. The Bertz CT molecular complexity index is 956. The minimum atomic E-state index is -0.528. The number of aliphatic hydroxyl groups excluding tert-OH is 1. The van der Waals surface area contributed by atoms with Crippen LogP contribution in [-0.2, 0) is 6.54 Å². The van der Waals surface area contributed by atoms with Gasteiger partial charge in [0.1, 0.15) is 24.2 Å². The smallest absolute Gasteiger partial charge is 0.133 e. The molecule has 1 aliphatic rings. The lowest BCUT2D eigenvalue weighted by molar-refractivity contribution is 0.0250. The molecule has 1 fully saturated rings. The zero-order valence-electron chi connectivity index (χ0n) is 17.2. The maximum atomic E-state index is 10.5. The lowest BCUT2D eigenvalue weighted by Gasteiger charge is -2.40. The molecule has 3 heterocycles. The van der Waals surface area contributed by atoms with Crippen molar-refractivity contribution in [1.82, 2.24) is 19.9 Å². The summed E-state index contributed by atoms with van der Waals surface area (Å²) in [6.07, 6.45) is -0.528. The molecule has 0 bridgehead atoms. The molecule has 2 aromatic heterocycles. The topological polar surface area (TPSA) is 74.9 Å². The summed E-state index contributed by atoms with van der Waals surface area (Å²) in [6.45, 7) is 10.6. The SMILES string of the molecule is Cc1cc(CN2CCN(CC(O)COc3ccc4sc(C)nc4c3)CC2C)no1. The van der Waals surface area contributed by atoms with Crippen LogP contribution in [0.4, 0.5) is 0 Å². The average Bonchev–Trinajstić information content (AvgIpc) is 3.26. The normalized spacial score (nSPS) is 19.7. The summed E-state index contributed by atoms with van der Waals surface area (Å²) in [4.78, 5) is 9.20. The predicted molar refractivity (Wildman–Crippen MR) is 113 cm³/mol. The van der Waals surface area contributed by atoms with Crippen LogP contribution in [0.3, 0.4) is 0 Å².